The maximum absolute atomic E-state index is 12.8. The minimum Gasteiger partial charge on any atom is -0.353 e. The van der Waals surface area contributed by atoms with Gasteiger partial charge in [0, 0.05) is 36.3 Å². The minimum absolute atomic E-state index is 0.197. The van der Waals surface area contributed by atoms with Crippen molar-refractivity contribution in [3.05, 3.63) is 53.5 Å². The molecule has 1 aromatic carbocycles. The van der Waals surface area contributed by atoms with E-state index in [1.54, 1.807) is 4.52 Å². The number of aryl methyl sites for hydroxylation is 2. The first kappa shape index (κ1) is 17.9. The molecule has 7 heteroatoms. The van der Waals surface area contributed by atoms with Crippen molar-refractivity contribution >= 4 is 34.7 Å². The van der Waals surface area contributed by atoms with E-state index in [4.69, 9.17) is 4.98 Å². The molecular weight excluding hydrogens is 358 g/mol. The fourth-order valence-electron chi connectivity index (χ4n) is 3.35. The maximum atomic E-state index is 12.8. The van der Waals surface area contributed by atoms with Crippen molar-refractivity contribution in [3.63, 3.8) is 0 Å². The summed E-state index contributed by atoms with van der Waals surface area (Å²) in [6.45, 7) is 5.97. The van der Waals surface area contributed by atoms with E-state index in [9.17, 15) is 4.79 Å². The number of benzene rings is 1. The number of fused-ring (bicyclic) bond motifs is 1. The molecule has 0 unspecified atom stereocenters. The van der Waals surface area contributed by atoms with Crippen molar-refractivity contribution in [1.82, 2.24) is 14.6 Å². The Morgan fingerprint density at radius 2 is 2.04 bits per heavy atom. The van der Waals surface area contributed by atoms with Gasteiger partial charge in [0.15, 0.2) is 11.5 Å². The third-order valence-electron chi connectivity index (χ3n) is 4.75. The summed E-state index contributed by atoms with van der Waals surface area (Å²) in [6, 6.07) is 9.71. The molecule has 140 valence electrons. The first-order valence-corrected chi connectivity index (χ1v) is 10.4. The maximum Gasteiger partial charge on any atom is 0.276 e. The number of aromatic nitrogens is 3. The second-order valence-electron chi connectivity index (χ2n) is 6.63. The van der Waals surface area contributed by atoms with Gasteiger partial charge in [-0.15, -0.1) is 0 Å². The molecule has 1 fully saturated rings. The molecule has 2 aromatic heterocycles. The fraction of sp³-hybridized carbons (Fsp3) is 0.350. The standard InChI is InChI=1S/C20H23N5OS/c1-3-15-6-4-5-7-16(15)22-20(26)17-12-18-19(24-8-10-27-11-9-24)21-14(2)13-25(18)23-17/h4-7,12-13H,3,8-11H2,1-2H3,(H,22,26). The first-order chi connectivity index (χ1) is 13.2. The van der Waals surface area contributed by atoms with Crippen molar-refractivity contribution in [2.24, 2.45) is 0 Å². The molecule has 0 radical (unpaired) electrons. The molecule has 1 N–H and O–H groups in total. The predicted molar refractivity (Wildman–Crippen MR) is 111 cm³/mol. The van der Waals surface area contributed by atoms with E-state index in [0.717, 1.165) is 59.3 Å². The van der Waals surface area contributed by atoms with Gasteiger partial charge in [0.2, 0.25) is 0 Å². The summed E-state index contributed by atoms with van der Waals surface area (Å²) < 4.78 is 1.78. The summed E-state index contributed by atoms with van der Waals surface area (Å²) in [7, 11) is 0. The molecular formula is C20H23N5OS. The SMILES string of the molecule is CCc1ccccc1NC(=O)c1cc2c(N3CCSCC3)nc(C)cn2n1. The van der Waals surface area contributed by atoms with Crippen LogP contribution in [-0.4, -0.2) is 45.1 Å². The molecule has 0 saturated carbocycles. The number of carbonyl (C=O) groups is 1. The van der Waals surface area contributed by atoms with Crippen LogP contribution in [0.25, 0.3) is 5.52 Å². The molecule has 1 aliphatic rings. The summed E-state index contributed by atoms with van der Waals surface area (Å²) in [6.07, 6.45) is 2.73. The Hall–Kier alpha value is -2.54. The second kappa shape index (κ2) is 7.60. The van der Waals surface area contributed by atoms with Gasteiger partial charge in [0.25, 0.3) is 5.91 Å². The third-order valence-corrected chi connectivity index (χ3v) is 5.69. The van der Waals surface area contributed by atoms with Crippen LogP contribution in [0.1, 0.15) is 28.7 Å². The number of para-hydroxylation sites is 1. The molecule has 0 atom stereocenters. The third kappa shape index (κ3) is 3.64. The van der Waals surface area contributed by atoms with Gasteiger partial charge in [-0.05, 0) is 25.0 Å². The Morgan fingerprint density at radius 1 is 1.26 bits per heavy atom. The van der Waals surface area contributed by atoms with Crippen molar-refractivity contribution < 1.29 is 4.79 Å². The molecule has 0 spiro atoms. The van der Waals surface area contributed by atoms with Crippen LogP contribution in [0.15, 0.2) is 36.5 Å². The Morgan fingerprint density at radius 3 is 2.81 bits per heavy atom. The highest BCUT2D eigenvalue weighted by Gasteiger charge is 2.20. The van der Waals surface area contributed by atoms with Crippen molar-refractivity contribution in [2.45, 2.75) is 20.3 Å². The monoisotopic (exact) mass is 381 g/mol. The van der Waals surface area contributed by atoms with Crippen LogP contribution >= 0.6 is 11.8 Å². The van der Waals surface area contributed by atoms with Gasteiger partial charge in [0.1, 0.15) is 5.52 Å². The van der Waals surface area contributed by atoms with Crippen molar-refractivity contribution in [3.8, 4) is 0 Å². The molecule has 27 heavy (non-hydrogen) atoms. The highest BCUT2D eigenvalue weighted by Crippen LogP contribution is 2.24. The molecule has 3 aromatic rings. The lowest BCUT2D eigenvalue weighted by Crippen LogP contribution is -2.33. The van der Waals surface area contributed by atoms with Crippen LogP contribution in [0.5, 0.6) is 0 Å². The Labute approximate surface area is 163 Å². The number of hydrogen-bond donors (Lipinski definition) is 1. The molecule has 1 saturated heterocycles. The summed E-state index contributed by atoms with van der Waals surface area (Å²) in [4.78, 5) is 19.8. The summed E-state index contributed by atoms with van der Waals surface area (Å²) in [5.74, 6) is 2.90. The predicted octanol–water partition coefficient (Wildman–Crippen LogP) is 3.41. The van der Waals surface area contributed by atoms with Gasteiger partial charge >= 0.3 is 0 Å². The van der Waals surface area contributed by atoms with E-state index in [-0.39, 0.29) is 5.91 Å². The van der Waals surface area contributed by atoms with Gasteiger partial charge < -0.3 is 10.2 Å². The normalized spacial score (nSPS) is 14.5. The number of anilines is 2. The van der Waals surface area contributed by atoms with Gasteiger partial charge in [-0.1, -0.05) is 25.1 Å². The van der Waals surface area contributed by atoms with E-state index in [1.807, 2.05) is 55.2 Å². The fourth-order valence-corrected chi connectivity index (χ4v) is 4.25. The molecule has 4 rings (SSSR count). The lowest BCUT2D eigenvalue weighted by molar-refractivity contribution is 0.102. The molecule has 6 nitrogen and oxygen atoms in total. The number of hydrogen-bond acceptors (Lipinski definition) is 5. The van der Waals surface area contributed by atoms with E-state index < -0.39 is 0 Å². The first-order valence-electron chi connectivity index (χ1n) is 9.24. The topological polar surface area (TPSA) is 62.5 Å². The zero-order valence-electron chi connectivity index (χ0n) is 15.6. The lowest BCUT2D eigenvalue weighted by Gasteiger charge is -2.28. The van der Waals surface area contributed by atoms with Gasteiger partial charge in [-0.3, -0.25) is 4.79 Å². The van der Waals surface area contributed by atoms with Crippen LogP contribution in [0.3, 0.4) is 0 Å². The molecule has 0 aliphatic carbocycles. The van der Waals surface area contributed by atoms with Gasteiger partial charge in [-0.25, -0.2) is 9.50 Å². The Kier molecular flexibility index (Phi) is 5.03. The van der Waals surface area contributed by atoms with Crippen LogP contribution in [0.4, 0.5) is 11.5 Å². The number of nitrogens with zero attached hydrogens (tertiary/aromatic N) is 4. The van der Waals surface area contributed by atoms with Crippen LogP contribution in [-0.2, 0) is 6.42 Å². The second-order valence-corrected chi connectivity index (χ2v) is 7.85. The molecule has 3 heterocycles. The van der Waals surface area contributed by atoms with E-state index in [1.165, 1.54) is 0 Å². The van der Waals surface area contributed by atoms with Crippen molar-refractivity contribution in [1.29, 1.82) is 0 Å². The van der Waals surface area contributed by atoms with Gasteiger partial charge in [0.05, 0.1) is 11.9 Å². The highest BCUT2D eigenvalue weighted by atomic mass is 32.2. The largest absolute Gasteiger partial charge is 0.353 e. The Balaban J connectivity index is 1.67. The summed E-state index contributed by atoms with van der Waals surface area (Å²) in [5.41, 5.74) is 4.12. The van der Waals surface area contributed by atoms with E-state index in [0.29, 0.717) is 5.69 Å². The molecule has 0 bridgehead atoms. The average molecular weight is 382 g/mol. The summed E-state index contributed by atoms with van der Waals surface area (Å²) >= 11 is 1.96. The number of amides is 1. The number of thioether (sulfide) groups is 1. The smallest absolute Gasteiger partial charge is 0.276 e. The average Bonchev–Trinajstić information content (AvgIpc) is 3.12. The highest BCUT2D eigenvalue weighted by molar-refractivity contribution is 7.99. The molecule has 1 amide bonds. The zero-order valence-corrected chi connectivity index (χ0v) is 16.4. The van der Waals surface area contributed by atoms with Crippen LogP contribution < -0.4 is 10.2 Å². The van der Waals surface area contributed by atoms with Crippen LogP contribution in [0.2, 0.25) is 0 Å². The quantitative estimate of drug-likeness (QED) is 0.750. The molecule has 1 aliphatic heterocycles. The van der Waals surface area contributed by atoms with Gasteiger partial charge in [-0.2, -0.15) is 16.9 Å². The number of nitrogens with one attached hydrogen (secondary N) is 1. The Bertz CT molecular complexity index is 978. The lowest BCUT2D eigenvalue weighted by atomic mass is 10.1. The van der Waals surface area contributed by atoms with Crippen molar-refractivity contribution in [2.75, 3.05) is 34.8 Å². The number of rotatable bonds is 4. The number of carbonyl (C=O) groups excluding carboxylic acids is 1. The van der Waals surface area contributed by atoms with Crippen LogP contribution in [0, 0.1) is 6.92 Å². The van der Waals surface area contributed by atoms with E-state index in [2.05, 4.69) is 22.2 Å². The zero-order chi connectivity index (χ0) is 18.8. The minimum atomic E-state index is -0.197. The van der Waals surface area contributed by atoms with E-state index >= 15 is 0 Å². The summed E-state index contributed by atoms with van der Waals surface area (Å²) in [5, 5.41) is 7.51.